The normalized spacial score (nSPS) is 11.1. The van der Waals surface area contributed by atoms with Crippen molar-refractivity contribution in [2.24, 2.45) is 0 Å². The van der Waals surface area contributed by atoms with Crippen molar-refractivity contribution in [3.05, 3.63) is 51.8 Å². The summed E-state index contributed by atoms with van der Waals surface area (Å²) in [5, 5.41) is 2.91. The molecule has 0 aliphatic carbocycles. The summed E-state index contributed by atoms with van der Waals surface area (Å²) in [6.45, 7) is 2.02. The molecule has 4 heteroatoms. The molecule has 0 radical (unpaired) electrons. The number of aromatic nitrogens is 2. The molecule has 0 bridgehead atoms. The molecule has 0 spiro atoms. The van der Waals surface area contributed by atoms with Crippen LogP contribution in [0.25, 0.3) is 16.0 Å². The Morgan fingerprint density at radius 1 is 1.31 bits per heavy atom. The molecule has 3 aromatic rings. The zero-order valence-electron chi connectivity index (χ0n) is 8.73. The summed E-state index contributed by atoms with van der Waals surface area (Å²) in [5.41, 5.74) is 2.89. The molecule has 3 rings (SSSR count). The summed E-state index contributed by atoms with van der Waals surface area (Å²) >= 11 is 1.56. The number of imidazole rings is 1. The molecule has 0 saturated carbocycles. The Bertz CT molecular complexity index is 691. The molecule has 0 amide bonds. The lowest BCUT2D eigenvalue weighted by Crippen LogP contribution is -2.13. The van der Waals surface area contributed by atoms with Crippen molar-refractivity contribution in [2.45, 2.75) is 6.92 Å². The number of aromatic amines is 1. The van der Waals surface area contributed by atoms with Gasteiger partial charge in [-0.2, -0.15) is 0 Å². The molecule has 0 aliphatic rings. The van der Waals surface area contributed by atoms with Gasteiger partial charge >= 0.3 is 5.69 Å². The Kier molecular flexibility index (Phi) is 1.97. The number of nitrogens with zero attached hydrogens (tertiary/aromatic N) is 1. The van der Waals surface area contributed by atoms with E-state index in [1.54, 1.807) is 15.9 Å². The highest BCUT2D eigenvalue weighted by Gasteiger charge is 2.08. The van der Waals surface area contributed by atoms with Crippen LogP contribution in [0.1, 0.15) is 5.56 Å². The van der Waals surface area contributed by atoms with Crippen molar-refractivity contribution in [3.8, 4) is 5.00 Å². The lowest BCUT2D eigenvalue weighted by Gasteiger charge is -1.99. The van der Waals surface area contributed by atoms with E-state index in [2.05, 4.69) is 4.98 Å². The molecule has 0 atom stereocenters. The Hall–Kier alpha value is -1.81. The van der Waals surface area contributed by atoms with Crippen LogP contribution in [0.3, 0.4) is 0 Å². The highest BCUT2D eigenvalue weighted by atomic mass is 32.1. The fraction of sp³-hybridized carbons (Fsp3) is 0.0833. The number of rotatable bonds is 1. The third-order valence-corrected chi connectivity index (χ3v) is 3.42. The van der Waals surface area contributed by atoms with Gasteiger partial charge in [-0.3, -0.25) is 4.57 Å². The SMILES string of the molecule is Cc1ccc2[nH]c(=O)n(-c3cccs3)c2c1. The number of nitrogens with one attached hydrogen (secondary N) is 1. The van der Waals surface area contributed by atoms with Gasteiger partial charge in [-0.05, 0) is 42.1 Å². The third kappa shape index (κ3) is 1.31. The molecule has 2 heterocycles. The molecule has 16 heavy (non-hydrogen) atoms. The Morgan fingerprint density at radius 3 is 2.94 bits per heavy atom. The second-order valence-corrected chi connectivity index (χ2v) is 4.66. The van der Waals surface area contributed by atoms with E-state index in [9.17, 15) is 4.79 Å². The van der Waals surface area contributed by atoms with Crippen LogP contribution in [0.15, 0.2) is 40.5 Å². The van der Waals surface area contributed by atoms with Crippen molar-refractivity contribution < 1.29 is 0 Å². The van der Waals surface area contributed by atoms with E-state index >= 15 is 0 Å². The van der Waals surface area contributed by atoms with Crippen LogP contribution in [-0.2, 0) is 0 Å². The zero-order chi connectivity index (χ0) is 11.1. The largest absolute Gasteiger partial charge is 0.331 e. The van der Waals surface area contributed by atoms with Gasteiger partial charge in [0.15, 0.2) is 0 Å². The summed E-state index contributed by atoms with van der Waals surface area (Å²) in [7, 11) is 0. The number of benzene rings is 1. The van der Waals surface area contributed by atoms with Crippen LogP contribution in [-0.4, -0.2) is 9.55 Å². The van der Waals surface area contributed by atoms with Gasteiger partial charge in [-0.15, -0.1) is 11.3 Å². The van der Waals surface area contributed by atoms with Crippen LogP contribution < -0.4 is 5.69 Å². The quantitative estimate of drug-likeness (QED) is 0.685. The van der Waals surface area contributed by atoms with Crippen LogP contribution in [0.4, 0.5) is 0 Å². The molecule has 0 unspecified atom stereocenters. The first-order valence-corrected chi connectivity index (χ1v) is 5.89. The molecule has 0 aliphatic heterocycles. The predicted molar refractivity (Wildman–Crippen MR) is 66.5 cm³/mol. The van der Waals surface area contributed by atoms with E-state index in [1.807, 2.05) is 42.6 Å². The fourth-order valence-corrected chi connectivity index (χ4v) is 2.57. The van der Waals surface area contributed by atoms with E-state index in [4.69, 9.17) is 0 Å². The lowest BCUT2D eigenvalue weighted by molar-refractivity contribution is 1.04. The number of fused-ring (bicyclic) bond motifs is 1. The summed E-state index contributed by atoms with van der Waals surface area (Å²) < 4.78 is 1.72. The van der Waals surface area contributed by atoms with Gasteiger partial charge in [0.05, 0.1) is 11.0 Å². The number of aryl methyl sites for hydroxylation is 1. The monoisotopic (exact) mass is 230 g/mol. The fourth-order valence-electron chi connectivity index (χ4n) is 1.83. The van der Waals surface area contributed by atoms with Crippen molar-refractivity contribution >= 4 is 22.4 Å². The number of thiophene rings is 1. The average molecular weight is 230 g/mol. The summed E-state index contributed by atoms with van der Waals surface area (Å²) in [4.78, 5) is 14.7. The third-order valence-electron chi connectivity index (χ3n) is 2.57. The van der Waals surface area contributed by atoms with E-state index in [0.29, 0.717) is 0 Å². The van der Waals surface area contributed by atoms with Gasteiger partial charge in [0.2, 0.25) is 0 Å². The number of H-pyrrole nitrogens is 1. The van der Waals surface area contributed by atoms with E-state index in [-0.39, 0.29) is 5.69 Å². The first kappa shape index (κ1) is 9.42. The molecule has 2 aromatic heterocycles. The molecular formula is C12H10N2OS. The first-order valence-electron chi connectivity index (χ1n) is 5.01. The summed E-state index contributed by atoms with van der Waals surface area (Å²) in [6.07, 6.45) is 0. The minimum Gasteiger partial charge on any atom is -0.305 e. The topological polar surface area (TPSA) is 37.8 Å². The van der Waals surface area contributed by atoms with E-state index < -0.39 is 0 Å². The van der Waals surface area contributed by atoms with Gasteiger partial charge in [-0.25, -0.2) is 4.79 Å². The highest BCUT2D eigenvalue weighted by Crippen LogP contribution is 2.19. The number of hydrogen-bond acceptors (Lipinski definition) is 2. The Labute approximate surface area is 96.0 Å². The van der Waals surface area contributed by atoms with Crippen molar-refractivity contribution in [1.82, 2.24) is 9.55 Å². The predicted octanol–water partition coefficient (Wildman–Crippen LogP) is 2.69. The van der Waals surface area contributed by atoms with Crippen LogP contribution in [0.2, 0.25) is 0 Å². The van der Waals surface area contributed by atoms with E-state index in [1.165, 1.54) is 0 Å². The van der Waals surface area contributed by atoms with Gasteiger partial charge in [0.1, 0.15) is 5.00 Å². The van der Waals surface area contributed by atoms with Crippen molar-refractivity contribution in [3.63, 3.8) is 0 Å². The summed E-state index contributed by atoms with van der Waals surface area (Å²) in [6, 6.07) is 9.85. The Morgan fingerprint density at radius 2 is 2.19 bits per heavy atom. The molecule has 80 valence electrons. The van der Waals surface area contributed by atoms with Crippen LogP contribution >= 0.6 is 11.3 Å². The minimum absolute atomic E-state index is 0.0805. The summed E-state index contributed by atoms with van der Waals surface area (Å²) in [5.74, 6) is 0. The second-order valence-electron chi connectivity index (χ2n) is 3.74. The average Bonchev–Trinajstić information content (AvgIpc) is 2.83. The maximum atomic E-state index is 11.9. The molecule has 0 fully saturated rings. The smallest absolute Gasteiger partial charge is 0.305 e. The molecule has 3 nitrogen and oxygen atoms in total. The molecule has 1 aromatic carbocycles. The van der Waals surface area contributed by atoms with Crippen molar-refractivity contribution in [1.29, 1.82) is 0 Å². The second kappa shape index (κ2) is 3.35. The van der Waals surface area contributed by atoms with Crippen molar-refractivity contribution in [2.75, 3.05) is 0 Å². The standard InChI is InChI=1S/C12H10N2OS/c1-8-4-5-9-10(7-8)14(12(15)13-9)11-3-2-6-16-11/h2-7H,1H3,(H,13,15). The van der Waals surface area contributed by atoms with Gasteiger partial charge in [0.25, 0.3) is 0 Å². The first-order chi connectivity index (χ1) is 7.75. The lowest BCUT2D eigenvalue weighted by atomic mass is 10.2. The maximum Gasteiger partial charge on any atom is 0.331 e. The van der Waals surface area contributed by atoms with Gasteiger partial charge in [-0.1, -0.05) is 6.07 Å². The zero-order valence-corrected chi connectivity index (χ0v) is 9.54. The molecule has 0 saturated heterocycles. The maximum absolute atomic E-state index is 11.9. The molecular weight excluding hydrogens is 220 g/mol. The highest BCUT2D eigenvalue weighted by molar-refractivity contribution is 7.12. The molecule has 1 N–H and O–H groups in total. The minimum atomic E-state index is -0.0805. The number of hydrogen-bond donors (Lipinski definition) is 1. The van der Waals surface area contributed by atoms with Crippen LogP contribution in [0, 0.1) is 6.92 Å². The van der Waals surface area contributed by atoms with Gasteiger partial charge in [0, 0.05) is 0 Å². The Balaban J connectivity index is 2.43. The van der Waals surface area contributed by atoms with E-state index in [0.717, 1.165) is 21.6 Å². The van der Waals surface area contributed by atoms with Crippen LogP contribution in [0.5, 0.6) is 0 Å². The van der Waals surface area contributed by atoms with Gasteiger partial charge < -0.3 is 4.98 Å².